The molecule has 1 fully saturated rings. The van der Waals surface area contributed by atoms with Gasteiger partial charge in [0.1, 0.15) is 11.5 Å². The SMILES string of the molecule is CCOc1cc(C2/C(=C(\O)c3ccc(OC)cc3C)C(=O)C(=O)N2c2ccc(F)c(F)c2)ccc1OC. The summed E-state index contributed by atoms with van der Waals surface area (Å²) in [5.41, 5.74) is 1.04. The zero-order chi connectivity index (χ0) is 26.9. The fraction of sp³-hybridized carbons (Fsp3) is 0.214. The van der Waals surface area contributed by atoms with Gasteiger partial charge in [0.25, 0.3) is 11.7 Å². The number of halogens is 2. The highest BCUT2D eigenvalue weighted by Crippen LogP contribution is 2.44. The molecule has 1 N–H and O–H groups in total. The molecule has 1 saturated heterocycles. The molecular formula is C28H25F2NO6. The van der Waals surface area contributed by atoms with Gasteiger partial charge in [-0.25, -0.2) is 8.78 Å². The number of aryl methyl sites for hydroxylation is 1. The number of amides is 1. The molecule has 7 nitrogen and oxygen atoms in total. The predicted octanol–water partition coefficient (Wildman–Crippen LogP) is 5.32. The molecule has 1 atom stereocenters. The molecule has 0 spiro atoms. The van der Waals surface area contributed by atoms with Crippen LogP contribution < -0.4 is 19.1 Å². The third-order valence-corrected chi connectivity index (χ3v) is 6.12. The molecular weight excluding hydrogens is 484 g/mol. The quantitative estimate of drug-likeness (QED) is 0.264. The summed E-state index contributed by atoms with van der Waals surface area (Å²) in [5, 5.41) is 11.4. The summed E-state index contributed by atoms with van der Waals surface area (Å²) < 4.78 is 44.1. The van der Waals surface area contributed by atoms with Gasteiger partial charge >= 0.3 is 0 Å². The highest BCUT2D eigenvalue weighted by atomic mass is 19.2. The van der Waals surface area contributed by atoms with Crippen molar-refractivity contribution >= 4 is 23.1 Å². The van der Waals surface area contributed by atoms with Gasteiger partial charge in [0.05, 0.1) is 32.4 Å². The summed E-state index contributed by atoms with van der Waals surface area (Å²) in [6, 6.07) is 11.4. The Labute approximate surface area is 212 Å². The van der Waals surface area contributed by atoms with Crippen molar-refractivity contribution in [1.29, 1.82) is 0 Å². The van der Waals surface area contributed by atoms with E-state index >= 15 is 0 Å². The summed E-state index contributed by atoms with van der Waals surface area (Å²) in [4.78, 5) is 27.7. The van der Waals surface area contributed by atoms with Gasteiger partial charge in [0.15, 0.2) is 23.1 Å². The lowest BCUT2D eigenvalue weighted by atomic mass is 9.93. The largest absolute Gasteiger partial charge is 0.507 e. The van der Waals surface area contributed by atoms with Crippen LogP contribution in [0.5, 0.6) is 17.2 Å². The van der Waals surface area contributed by atoms with E-state index in [1.807, 2.05) is 0 Å². The number of rotatable bonds is 7. The number of ketones is 1. The number of methoxy groups -OCH3 is 2. The zero-order valence-electron chi connectivity index (χ0n) is 20.7. The van der Waals surface area contributed by atoms with Gasteiger partial charge in [-0.05, 0) is 67.4 Å². The third kappa shape index (κ3) is 4.60. The van der Waals surface area contributed by atoms with Crippen molar-refractivity contribution in [2.45, 2.75) is 19.9 Å². The van der Waals surface area contributed by atoms with Gasteiger partial charge < -0.3 is 19.3 Å². The van der Waals surface area contributed by atoms with Crippen LogP contribution in [0.4, 0.5) is 14.5 Å². The first-order chi connectivity index (χ1) is 17.7. The van der Waals surface area contributed by atoms with Crippen LogP contribution in [0.1, 0.15) is 29.7 Å². The second-order valence-corrected chi connectivity index (χ2v) is 8.29. The number of nitrogens with zero attached hydrogens (tertiary/aromatic N) is 1. The number of hydrogen-bond acceptors (Lipinski definition) is 6. The van der Waals surface area contributed by atoms with Gasteiger partial charge in [-0.3, -0.25) is 14.5 Å². The van der Waals surface area contributed by atoms with E-state index in [2.05, 4.69) is 0 Å². The van der Waals surface area contributed by atoms with Crippen LogP contribution in [0.15, 0.2) is 60.2 Å². The summed E-state index contributed by atoms with van der Waals surface area (Å²) >= 11 is 0. The van der Waals surface area contributed by atoms with Crippen LogP contribution in [0, 0.1) is 18.6 Å². The van der Waals surface area contributed by atoms with Crippen LogP contribution in [0.25, 0.3) is 5.76 Å². The monoisotopic (exact) mass is 509 g/mol. The number of hydrogen-bond donors (Lipinski definition) is 1. The maximum atomic E-state index is 14.2. The van der Waals surface area contributed by atoms with Crippen molar-refractivity contribution in [2.75, 3.05) is 25.7 Å². The summed E-state index contributed by atoms with van der Waals surface area (Å²) in [7, 11) is 2.97. The standard InChI is InChI=1S/C28H25F2NO6/c1-5-37-23-13-16(6-11-22(23)36-4)25-24(26(32)19-9-8-18(35-3)12-15(19)2)27(33)28(34)31(25)17-7-10-20(29)21(30)14-17/h6-14,25,32H,5H2,1-4H3/b26-24+. The predicted molar refractivity (Wildman–Crippen MR) is 133 cm³/mol. The average Bonchev–Trinajstić information content (AvgIpc) is 3.15. The molecule has 192 valence electrons. The Balaban J connectivity index is 1.98. The third-order valence-electron chi connectivity index (χ3n) is 6.12. The van der Waals surface area contributed by atoms with Crippen LogP contribution in [0.2, 0.25) is 0 Å². The second-order valence-electron chi connectivity index (χ2n) is 8.29. The first-order valence-corrected chi connectivity index (χ1v) is 11.4. The van der Waals surface area contributed by atoms with E-state index in [9.17, 15) is 23.5 Å². The number of Topliss-reactive ketones (excluding diaryl/α,β-unsaturated/α-hetero) is 1. The first kappa shape index (κ1) is 25.7. The lowest BCUT2D eigenvalue weighted by molar-refractivity contribution is -0.132. The zero-order valence-corrected chi connectivity index (χ0v) is 20.7. The molecule has 0 saturated carbocycles. The van der Waals surface area contributed by atoms with Crippen molar-refractivity contribution < 1.29 is 37.7 Å². The van der Waals surface area contributed by atoms with Gasteiger partial charge in [-0.15, -0.1) is 0 Å². The molecule has 1 aliphatic rings. The molecule has 4 rings (SSSR count). The van der Waals surface area contributed by atoms with Crippen molar-refractivity contribution in [3.63, 3.8) is 0 Å². The maximum Gasteiger partial charge on any atom is 0.300 e. The molecule has 0 aromatic heterocycles. The summed E-state index contributed by atoms with van der Waals surface area (Å²) in [6.07, 6.45) is 0. The van der Waals surface area contributed by atoms with E-state index < -0.39 is 35.1 Å². The van der Waals surface area contributed by atoms with Crippen molar-refractivity contribution in [1.82, 2.24) is 0 Å². The molecule has 9 heteroatoms. The lowest BCUT2D eigenvalue weighted by Crippen LogP contribution is -2.29. The Morgan fingerprint density at radius 2 is 1.70 bits per heavy atom. The van der Waals surface area contributed by atoms with Crippen LogP contribution in [-0.2, 0) is 9.59 Å². The molecule has 37 heavy (non-hydrogen) atoms. The Bertz CT molecular complexity index is 1420. The van der Waals surface area contributed by atoms with E-state index in [4.69, 9.17) is 14.2 Å². The number of ether oxygens (including phenoxy) is 3. The number of anilines is 1. The van der Waals surface area contributed by atoms with Gasteiger partial charge in [-0.1, -0.05) is 6.07 Å². The minimum Gasteiger partial charge on any atom is -0.507 e. The fourth-order valence-corrected chi connectivity index (χ4v) is 4.35. The molecule has 0 aliphatic carbocycles. The number of aliphatic hydroxyl groups is 1. The van der Waals surface area contributed by atoms with Gasteiger partial charge in [-0.2, -0.15) is 0 Å². The number of carbonyl (C=O) groups excluding carboxylic acids is 2. The Hall–Kier alpha value is -4.40. The summed E-state index contributed by atoms with van der Waals surface area (Å²) in [5.74, 6) is -3.37. The minimum absolute atomic E-state index is 0.0507. The lowest BCUT2D eigenvalue weighted by Gasteiger charge is -2.26. The summed E-state index contributed by atoms with van der Waals surface area (Å²) in [6.45, 7) is 3.82. The normalized spacial score (nSPS) is 16.7. The van der Waals surface area contributed by atoms with Crippen LogP contribution in [-0.4, -0.2) is 37.6 Å². The molecule has 1 unspecified atom stereocenters. The Kier molecular flexibility index (Phi) is 7.15. The molecule has 3 aromatic carbocycles. The first-order valence-electron chi connectivity index (χ1n) is 11.4. The Morgan fingerprint density at radius 1 is 0.946 bits per heavy atom. The highest BCUT2D eigenvalue weighted by Gasteiger charge is 2.47. The van der Waals surface area contributed by atoms with E-state index in [1.165, 1.54) is 20.3 Å². The minimum atomic E-state index is -1.19. The molecule has 1 heterocycles. The molecule has 3 aromatic rings. The number of aliphatic hydroxyl groups excluding tert-OH is 1. The van der Waals surface area contributed by atoms with Crippen LogP contribution >= 0.6 is 0 Å². The fourth-order valence-electron chi connectivity index (χ4n) is 4.35. The molecule has 1 aliphatic heterocycles. The van der Waals surface area contributed by atoms with Crippen molar-refractivity contribution in [3.05, 3.63) is 88.5 Å². The van der Waals surface area contributed by atoms with Crippen molar-refractivity contribution in [3.8, 4) is 17.2 Å². The topological polar surface area (TPSA) is 85.3 Å². The average molecular weight is 510 g/mol. The molecule has 1 amide bonds. The number of benzene rings is 3. The van der Waals surface area contributed by atoms with Crippen LogP contribution in [0.3, 0.4) is 0 Å². The smallest absolute Gasteiger partial charge is 0.300 e. The van der Waals surface area contributed by atoms with E-state index in [1.54, 1.807) is 50.2 Å². The maximum absolute atomic E-state index is 14.2. The van der Waals surface area contributed by atoms with Crippen molar-refractivity contribution in [2.24, 2.45) is 0 Å². The van der Waals surface area contributed by atoms with E-state index in [-0.39, 0.29) is 11.3 Å². The van der Waals surface area contributed by atoms with Gasteiger partial charge in [0.2, 0.25) is 0 Å². The number of carbonyl (C=O) groups is 2. The van der Waals surface area contributed by atoms with E-state index in [0.29, 0.717) is 40.5 Å². The molecule has 0 radical (unpaired) electrons. The Morgan fingerprint density at radius 3 is 2.32 bits per heavy atom. The highest BCUT2D eigenvalue weighted by molar-refractivity contribution is 6.51. The van der Waals surface area contributed by atoms with Gasteiger partial charge in [0, 0.05) is 17.3 Å². The second kappa shape index (κ2) is 10.3. The molecule has 0 bridgehead atoms. The van der Waals surface area contributed by atoms with E-state index in [0.717, 1.165) is 17.0 Å².